The van der Waals surface area contributed by atoms with Gasteiger partial charge >= 0.3 is 11.9 Å². The molecular formula is C35H60N6O4. The van der Waals surface area contributed by atoms with Gasteiger partial charge in [0.1, 0.15) is 11.6 Å². The van der Waals surface area contributed by atoms with E-state index in [1.54, 1.807) is 12.5 Å². The molecule has 4 N–H and O–H groups in total. The van der Waals surface area contributed by atoms with Crippen molar-refractivity contribution in [2.45, 2.75) is 143 Å². The summed E-state index contributed by atoms with van der Waals surface area (Å²) in [6.07, 6.45) is 27.5. The zero-order chi connectivity index (χ0) is 32.7. The fourth-order valence-corrected chi connectivity index (χ4v) is 5.18. The van der Waals surface area contributed by atoms with Crippen molar-refractivity contribution in [2.24, 2.45) is 17.6 Å². The Morgan fingerprint density at radius 1 is 0.889 bits per heavy atom. The molecule has 0 spiro atoms. The molecule has 2 atom stereocenters. The van der Waals surface area contributed by atoms with Crippen molar-refractivity contribution in [1.82, 2.24) is 19.5 Å². The Bertz CT molecular complexity index is 1120. The van der Waals surface area contributed by atoms with E-state index in [-0.39, 0.29) is 37.0 Å². The molecule has 2 aromatic rings. The molecule has 0 aliphatic heterocycles. The molecule has 0 bridgehead atoms. The fourth-order valence-electron chi connectivity index (χ4n) is 5.18. The lowest BCUT2D eigenvalue weighted by atomic mass is 10.1. The Balaban J connectivity index is 1.62. The molecule has 10 nitrogen and oxygen atoms in total. The number of aromatic nitrogens is 4. The van der Waals surface area contributed by atoms with Crippen molar-refractivity contribution in [3.05, 3.63) is 24.7 Å². The Hall–Kier alpha value is -3.01. The van der Waals surface area contributed by atoms with Crippen molar-refractivity contribution < 1.29 is 19.1 Å². The summed E-state index contributed by atoms with van der Waals surface area (Å²) in [7, 11) is 0. The van der Waals surface area contributed by atoms with Gasteiger partial charge in [0.05, 0.1) is 25.7 Å². The third-order valence-corrected chi connectivity index (χ3v) is 8.22. The Morgan fingerprint density at radius 3 is 2.16 bits per heavy atom. The number of nitrogens with two attached hydrogens (primary N) is 2. The minimum absolute atomic E-state index is 0.0106. The van der Waals surface area contributed by atoms with E-state index in [0.717, 1.165) is 19.3 Å². The molecule has 2 rings (SSSR count). The first-order valence-electron chi connectivity index (χ1n) is 17.5. The molecule has 2 aromatic heterocycles. The molecule has 0 aliphatic carbocycles. The van der Waals surface area contributed by atoms with Crippen LogP contribution in [0.5, 0.6) is 0 Å². The van der Waals surface area contributed by atoms with Gasteiger partial charge in [-0.2, -0.15) is 4.98 Å². The number of nitrogen functional groups attached to an aromatic ring is 1. The van der Waals surface area contributed by atoms with Crippen LogP contribution in [0.4, 0.5) is 5.95 Å². The number of imidazole rings is 1. The first-order valence-corrected chi connectivity index (χ1v) is 17.5. The summed E-state index contributed by atoms with van der Waals surface area (Å²) in [4.78, 5) is 37.4. The highest BCUT2D eigenvalue weighted by atomic mass is 16.5. The molecule has 0 radical (unpaired) electrons. The normalized spacial score (nSPS) is 13.1. The molecule has 0 aliphatic rings. The van der Waals surface area contributed by atoms with Gasteiger partial charge in [-0.05, 0) is 44.4 Å². The number of carbonyl (C=O) groups excluding carboxylic acids is 2. The standard InChI is InChI=1S/C35H60N6O4/c1-4-5-6-7-8-9-10-11-12-13-14-15-16-17-18-19-20-21-31(42)45-26-29(22-23-44-34(43)32(36)28(2)3)25-41-27-39-30-24-38-35(37)40-33(30)41/h11-12,24,27-29,32H,4-10,13-23,25-26,36H2,1-3H3,(H2,37,38,40)/t29-,32+/m1/s1. The van der Waals surface area contributed by atoms with Crippen molar-refractivity contribution >= 4 is 29.1 Å². The maximum atomic E-state index is 12.5. The highest BCUT2D eigenvalue weighted by Gasteiger charge is 2.21. The van der Waals surface area contributed by atoms with Crippen LogP contribution in [-0.4, -0.2) is 50.7 Å². The van der Waals surface area contributed by atoms with Crippen molar-refractivity contribution in [1.29, 1.82) is 0 Å². The second-order valence-corrected chi connectivity index (χ2v) is 12.7. The molecule has 254 valence electrons. The predicted molar refractivity (Wildman–Crippen MR) is 181 cm³/mol. The van der Waals surface area contributed by atoms with Crippen LogP contribution >= 0.6 is 0 Å². The topological polar surface area (TPSA) is 148 Å². The summed E-state index contributed by atoms with van der Waals surface area (Å²) in [5.74, 6) is -0.590. The fraction of sp³-hybridized carbons (Fsp3) is 0.743. The van der Waals surface area contributed by atoms with Crippen LogP contribution in [-0.2, 0) is 25.6 Å². The molecule has 45 heavy (non-hydrogen) atoms. The molecule has 0 saturated carbocycles. The lowest BCUT2D eigenvalue weighted by Crippen LogP contribution is -2.37. The maximum absolute atomic E-state index is 12.5. The molecule has 10 heteroatoms. The number of anilines is 1. The van der Waals surface area contributed by atoms with Crippen molar-refractivity contribution in [2.75, 3.05) is 18.9 Å². The van der Waals surface area contributed by atoms with Gasteiger partial charge in [0, 0.05) is 18.9 Å². The molecule has 0 saturated heterocycles. The van der Waals surface area contributed by atoms with E-state index in [1.165, 1.54) is 77.0 Å². The number of esters is 2. The number of rotatable bonds is 26. The van der Waals surface area contributed by atoms with Crippen LogP contribution in [0.1, 0.15) is 130 Å². The van der Waals surface area contributed by atoms with Gasteiger partial charge < -0.3 is 25.5 Å². The lowest BCUT2D eigenvalue weighted by molar-refractivity contribution is -0.149. The largest absolute Gasteiger partial charge is 0.465 e. The summed E-state index contributed by atoms with van der Waals surface area (Å²) in [6, 6.07) is -0.666. The van der Waals surface area contributed by atoms with Gasteiger partial charge in [0.2, 0.25) is 5.95 Å². The third kappa shape index (κ3) is 16.8. The van der Waals surface area contributed by atoms with Crippen LogP contribution in [0.25, 0.3) is 11.2 Å². The predicted octanol–water partition coefficient (Wildman–Crippen LogP) is 7.30. The summed E-state index contributed by atoms with van der Waals surface area (Å²) in [6.45, 7) is 6.89. The quantitative estimate of drug-likeness (QED) is 0.0621. The summed E-state index contributed by atoms with van der Waals surface area (Å²) < 4.78 is 12.9. The Kier molecular flexibility index (Phi) is 19.8. The highest BCUT2D eigenvalue weighted by molar-refractivity contribution is 5.75. The highest BCUT2D eigenvalue weighted by Crippen LogP contribution is 2.17. The summed E-state index contributed by atoms with van der Waals surface area (Å²) >= 11 is 0. The molecule has 0 fully saturated rings. The molecule has 0 unspecified atom stereocenters. The Morgan fingerprint density at radius 2 is 1.51 bits per heavy atom. The first kappa shape index (κ1) is 38.2. The van der Waals surface area contributed by atoms with Crippen LogP contribution in [0.15, 0.2) is 24.7 Å². The lowest BCUT2D eigenvalue weighted by Gasteiger charge is -2.19. The van der Waals surface area contributed by atoms with Crippen LogP contribution < -0.4 is 11.5 Å². The second kappa shape index (κ2) is 23.3. The monoisotopic (exact) mass is 628 g/mol. The Labute approximate surface area is 271 Å². The number of nitrogens with zero attached hydrogens (tertiary/aromatic N) is 4. The smallest absolute Gasteiger partial charge is 0.323 e. The summed E-state index contributed by atoms with van der Waals surface area (Å²) in [5.41, 5.74) is 12.9. The summed E-state index contributed by atoms with van der Waals surface area (Å²) in [5, 5.41) is 0. The number of ether oxygens (including phenoxy) is 2. The average molecular weight is 629 g/mol. The van der Waals surface area contributed by atoms with E-state index in [9.17, 15) is 9.59 Å². The number of carbonyl (C=O) groups is 2. The van der Waals surface area contributed by atoms with Crippen LogP contribution in [0.3, 0.4) is 0 Å². The van der Waals surface area contributed by atoms with Crippen molar-refractivity contribution in [3.63, 3.8) is 0 Å². The second-order valence-electron chi connectivity index (χ2n) is 12.7. The van der Waals surface area contributed by atoms with Crippen LogP contribution in [0, 0.1) is 11.8 Å². The number of fused-ring (bicyclic) bond motifs is 1. The van der Waals surface area contributed by atoms with E-state index in [4.69, 9.17) is 20.9 Å². The molecule has 2 heterocycles. The SMILES string of the molecule is CCCCCCCCC=CCCCCCCCCCC(=O)OC[C@H](CCOC(=O)[C@@H](N)C(C)C)Cn1cnc2cnc(N)nc21. The number of allylic oxidation sites excluding steroid dienone is 2. The first-order chi connectivity index (χ1) is 21.8. The number of unbranched alkanes of at least 4 members (excludes halogenated alkanes) is 13. The maximum Gasteiger partial charge on any atom is 0.323 e. The third-order valence-electron chi connectivity index (χ3n) is 8.22. The minimum Gasteiger partial charge on any atom is -0.465 e. The zero-order valence-corrected chi connectivity index (χ0v) is 28.3. The van der Waals surface area contributed by atoms with E-state index in [1.807, 2.05) is 18.4 Å². The van der Waals surface area contributed by atoms with Crippen molar-refractivity contribution in [3.8, 4) is 0 Å². The van der Waals surface area contributed by atoms with Crippen LogP contribution in [0.2, 0.25) is 0 Å². The zero-order valence-electron chi connectivity index (χ0n) is 28.3. The van der Waals surface area contributed by atoms with Gasteiger partial charge in [0.25, 0.3) is 0 Å². The number of hydrogen-bond donors (Lipinski definition) is 2. The van der Waals surface area contributed by atoms with E-state index < -0.39 is 12.0 Å². The van der Waals surface area contributed by atoms with Gasteiger partial charge in [0.15, 0.2) is 5.65 Å². The van der Waals surface area contributed by atoms with E-state index in [0.29, 0.717) is 30.6 Å². The molecule has 0 amide bonds. The molecular weight excluding hydrogens is 568 g/mol. The molecule has 0 aromatic carbocycles. The minimum atomic E-state index is -0.666. The van der Waals surface area contributed by atoms with E-state index >= 15 is 0 Å². The van der Waals surface area contributed by atoms with Gasteiger partial charge in [-0.1, -0.05) is 97.1 Å². The van der Waals surface area contributed by atoms with Gasteiger partial charge in [-0.15, -0.1) is 0 Å². The average Bonchev–Trinajstić information content (AvgIpc) is 3.41. The number of hydrogen-bond acceptors (Lipinski definition) is 9. The van der Waals surface area contributed by atoms with Gasteiger partial charge in [-0.3, -0.25) is 9.59 Å². The van der Waals surface area contributed by atoms with E-state index in [2.05, 4.69) is 34.0 Å². The van der Waals surface area contributed by atoms with Gasteiger partial charge in [-0.25, -0.2) is 9.97 Å².